The molecule has 3 atom stereocenters. The van der Waals surface area contributed by atoms with E-state index in [1.807, 2.05) is 13.0 Å². The molecule has 0 aliphatic carbocycles. The highest BCUT2D eigenvalue weighted by Gasteiger charge is 2.38. The Balaban J connectivity index is 2.06. The molecule has 6 heteroatoms. The van der Waals surface area contributed by atoms with Crippen LogP contribution in [0.25, 0.3) is 10.8 Å². The number of rotatable bonds is 3. The lowest BCUT2D eigenvalue weighted by atomic mass is 9.85. The Morgan fingerprint density at radius 2 is 2.09 bits per heavy atom. The lowest BCUT2D eigenvalue weighted by Crippen LogP contribution is -2.50. The van der Waals surface area contributed by atoms with Crippen molar-refractivity contribution in [1.29, 1.82) is 0 Å². The standard InChI is InChI=1S/C17H23N3O2S/c1-12-8-13(2)20(11-15(12)9-18)23(21,22)17-5-3-4-14-10-19-7-6-16(14)17/h3-7,10,12-13,15H,8-9,11,18H2,1-2H3. The average molecular weight is 333 g/mol. The highest BCUT2D eigenvalue weighted by atomic mass is 32.2. The van der Waals surface area contributed by atoms with E-state index in [0.717, 1.165) is 17.2 Å². The maximum Gasteiger partial charge on any atom is 0.243 e. The third-order valence-corrected chi connectivity index (χ3v) is 6.99. The van der Waals surface area contributed by atoms with Crippen molar-refractivity contribution in [2.24, 2.45) is 17.6 Å². The van der Waals surface area contributed by atoms with E-state index in [1.54, 1.807) is 34.9 Å². The second-order valence-electron chi connectivity index (χ2n) is 6.49. The van der Waals surface area contributed by atoms with E-state index >= 15 is 0 Å². The summed E-state index contributed by atoms with van der Waals surface area (Å²) >= 11 is 0. The smallest absolute Gasteiger partial charge is 0.243 e. The fourth-order valence-corrected chi connectivity index (χ4v) is 5.44. The van der Waals surface area contributed by atoms with E-state index in [2.05, 4.69) is 11.9 Å². The first kappa shape index (κ1) is 16.4. The van der Waals surface area contributed by atoms with Gasteiger partial charge in [0.25, 0.3) is 0 Å². The summed E-state index contributed by atoms with van der Waals surface area (Å²) in [5, 5.41) is 1.56. The minimum atomic E-state index is -3.55. The number of nitrogens with zero attached hydrogens (tertiary/aromatic N) is 2. The Hall–Kier alpha value is -1.50. The number of fused-ring (bicyclic) bond motifs is 1. The molecule has 5 nitrogen and oxygen atoms in total. The molecule has 0 saturated carbocycles. The van der Waals surface area contributed by atoms with Crippen LogP contribution in [0.2, 0.25) is 0 Å². The Morgan fingerprint density at radius 3 is 2.83 bits per heavy atom. The Bertz CT molecular complexity index is 801. The molecule has 23 heavy (non-hydrogen) atoms. The summed E-state index contributed by atoms with van der Waals surface area (Å²) < 4.78 is 28.1. The summed E-state index contributed by atoms with van der Waals surface area (Å²) in [5.74, 6) is 0.649. The zero-order valence-electron chi connectivity index (χ0n) is 13.5. The molecule has 0 spiro atoms. The van der Waals surface area contributed by atoms with Crippen molar-refractivity contribution >= 4 is 20.8 Å². The van der Waals surface area contributed by atoms with Crippen molar-refractivity contribution in [3.63, 3.8) is 0 Å². The number of aromatic nitrogens is 1. The van der Waals surface area contributed by atoms with E-state index in [4.69, 9.17) is 5.73 Å². The van der Waals surface area contributed by atoms with Gasteiger partial charge in [0.1, 0.15) is 0 Å². The molecule has 1 saturated heterocycles. The van der Waals surface area contributed by atoms with Crippen molar-refractivity contribution in [3.05, 3.63) is 36.7 Å². The highest BCUT2D eigenvalue weighted by Crippen LogP contribution is 2.33. The van der Waals surface area contributed by atoms with Crippen LogP contribution in [0, 0.1) is 11.8 Å². The van der Waals surface area contributed by atoms with Gasteiger partial charge in [-0.05, 0) is 43.9 Å². The van der Waals surface area contributed by atoms with E-state index in [9.17, 15) is 8.42 Å². The minimum Gasteiger partial charge on any atom is -0.330 e. The topological polar surface area (TPSA) is 76.3 Å². The zero-order valence-corrected chi connectivity index (χ0v) is 14.3. The average Bonchev–Trinajstić information content (AvgIpc) is 2.54. The van der Waals surface area contributed by atoms with Gasteiger partial charge in [-0.2, -0.15) is 4.31 Å². The second kappa shape index (κ2) is 6.19. The van der Waals surface area contributed by atoms with Crippen molar-refractivity contribution in [2.75, 3.05) is 13.1 Å². The molecule has 3 rings (SSSR count). The van der Waals surface area contributed by atoms with Gasteiger partial charge < -0.3 is 5.73 Å². The zero-order chi connectivity index (χ0) is 16.6. The number of hydrogen-bond acceptors (Lipinski definition) is 4. The van der Waals surface area contributed by atoms with Crippen LogP contribution in [0.5, 0.6) is 0 Å². The van der Waals surface area contributed by atoms with E-state index in [0.29, 0.717) is 23.9 Å². The van der Waals surface area contributed by atoms with Crippen LogP contribution < -0.4 is 5.73 Å². The first-order chi connectivity index (χ1) is 10.9. The summed E-state index contributed by atoms with van der Waals surface area (Å²) in [6.45, 7) is 5.14. The van der Waals surface area contributed by atoms with Crippen LogP contribution in [0.1, 0.15) is 20.3 Å². The van der Waals surface area contributed by atoms with Gasteiger partial charge in [-0.3, -0.25) is 4.98 Å². The van der Waals surface area contributed by atoms with Gasteiger partial charge in [0.15, 0.2) is 0 Å². The SMILES string of the molecule is CC1CC(C)N(S(=O)(=O)c2cccc3cnccc23)CC1CN. The van der Waals surface area contributed by atoms with E-state index in [1.165, 1.54) is 0 Å². The molecule has 0 amide bonds. The Kier molecular flexibility index (Phi) is 4.40. The summed E-state index contributed by atoms with van der Waals surface area (Å²) in [7, 11) is -3.55. The molecule has 1 fully saturated rings. The fraction of sp³-hybridized carbons (Fsp3) is 0.471. The monoisotopic (exact) mass is 333 g/mol. The quantitative estimate of drug-likeness (QED) is 0.934. The number of nitrogens with two attached hydrogens (primary N) is 1. The van der Waals surface area contributed by atoms with Crippen LogP contribution >= 0.6 is 0 Å². The maximum atomic E-state index is 13.2. The Labute approximate surface area is 137 Å². The van der Waals surface area contributed by atoms with E-state index < -0.39 is 10.0 Å². The molecule has 1 aliphatic rings. The molecule has 0 radical (unpaired) electrons. The lowest BCUT2D eigenvalue weighted by molar-refractivity contribution is 0.154. The first-order valence-electron chi connectivity index (χ1n) is 7.99. The van der Waals surface area contributed by atoms with Gasteiger partial charge in [-0.1, -0.05) is 19.1 Å². The largest absolute Gasteiger partial charge is 0.330 e. The molecule has 2 aromatic rings. The lowest BCUT2D eigenvalue weighted by Gasteiger charge is -2.40. The summed E-state index contributed by atoms with van der Waals surface area (Å²) in [5.41, 5.74) is 5.84. The van der Waals surface area contributed by atoms with Crippen molar-refractivity contribution < 1.29 is 8.42 Å². The summed E-state index contributed by atoms with van der Waals surface area (Å²) in [6.07, 6.45) is 4.16. The molecular formula is C17H23N3O2S. The van der Waals surface area contributed by atoms with Crippen LogP contribution in [0.15, 0.2) is 41.6 Å². The minimum absolute atomic E-state index is 0.0186. The number of benzene rings is 1. The van der Waals surface area contributed by atoms with Gasteiger partial charge in [0, 0.05) is 35.8 Å². The van der Waals surface area contributed by atoms with Gasteiger partial charge in [-0.15, -0.1) is 0 Å². The molecule has 124 valence electrons. The van der Waals surface area contributed by atoms with Crippen molar-refractivity contribution in [1.82, 2.24) is 9.29 Å². The van der Waals surface area contributed by atoms with Gasteiger partial charge in [-0.25, -0.2) is 8.42 Å². The van der Waals surface area contributed by atoms with Crippen molar-refractivity contribution in [2.45, 2.75) is 31.2 Å². The molecule has 2 heterocycles. The number of pyridine rings is 1. The first-order valence-corrected chi connectivity index (χ1v) is 9.43. The third kappa shape index (κ3) is 2.86. The molecule has 2 N–H and O–H groups in total. The predicted molar refractivity (Wildman–Crippen MR) is 91.4 cm³/mol. The Morgan fingerprint density at radius 1 is 1.30 bits per heavy atom. The fourth-order valence-electron chi connectivity index (χ4n) is 3.53. The third-order valence-electron chi connectivity index (χ3n) is 4.95. The van der Waals surface area contributed by atoms with Crippen LogP contribution in [0.3, 0.4) is 0 Å². The molecular weight excluding hydrogens is 310 g/mol. The molecule has 1 aromatic carbocycles. The molecule has 1 aromatic heterocycles. The normalized spacial score (nSPS) is 26.5. The molecule has 1 aliphatic heterocycles. The number of hydrogen-bond donors (Lipinski definition) is 1. The van der Waals surface area contributed by atoms with Gasteiger partial charge >= 0.3 is 0 Å². The van der Waals surface area contributed by atoms with Crippen LogP contribution in [0.4, 0.5) is 0 Å². The second-order valence-corrected chi connectivity index (χ2v) is 8.34. The summed E-state index contributed by atoms with van der Waals surface area (Å²) in [6, 6.07) is 7.08. The predicted octanol–water partition coefficient (Wildman–Crippen LogP) is 2.23. The maximum absolute atomic E-state index is 13.2. The van der Waals surface area contributed by atoms with Crippen LogP contribution in [-0.4, -0.2) is 36.8 Å². The van der Waals surface area contributed by atoms with Crippen molar-refractivity contribution in [3.8, 4) is 0 Å². The molecule has 0 bridgehead atoms. The number of sulfonamides is 1. The van der Waals surface area contributed by atoms with Gasteiger partial charge in [0.2, 0.25) is 10.0 Å². The number of piperidine rings is 1. The van der Waals surface area contributed by atoms with E-state index in [-0.39, 0.29) is 12.0 Å². The summed E-state index contributed by atoms with van der Waals surface area (Å²) in [4.78, 5) is 4.43. The highest BCUT2D eigenvalue weighted by molar-refractivity contribution is 7.89. The molecule has 3 unspecified atom stereocenters. The van der Waals surface area contributed by atoms with Crippen LogP contribution in [-0.2, 0) is 10.0 Å². The van der Waals surface area contributed by atoms with Gasteiger partial charge in [0.05, 0.1) is 4.90 Å².